The van der Waals surface area contributed by atoms with Gasteiger partial charge < -0.3 is 30.1 Å². The molecule has 0 bridgehead atoms. The highest BCUT2D eigenvalue weighted by Crippen LogP contribution is 2.47. The Morgan fingerprint density at radius 3 is 2.58 bits per heavy atom. The van der Waals surface area contributed by atoms with Gasteiger partial charge in [-0.1, -0.05) is 44.2 Å². The quantitative estimate of drug-likeness (QED) is 0.310. The molecule has 15 heteroatoms. The van der Waals surface area contributed by atoms with Gasteiger partial charge in [-0.2, -0.15) is 4.98 Å². The van der Waals surface area contributed by atoms with Crippen molar-refractivity contribution in [3.8, 4) is 11.8 Å². The molecule has 3 fully saturated rings. The normalized spacial score (nSPS) is 30.9. The van der Waals surface area contributed by atoms with Crippen molar-refractivity contribution in [2.75, 3.05) is 13.7 Å². The summed E-state index contributed by atoms with van der Waals surface area (Å²) in [6.07, 6.45) is 4.64. The number of rotatable bonds is 7. The van der Waals surface area contributed by atoms with Crippen LogP contribution in [-0.4, -0.2) is 89.4 Å². The number of carbonyl (C=O) groups is 4. The third-order valence-electron chi connectivity index (χ3n) is 10.7. The van der Waals surface area contributed by atoms with Crippen molar-refractivity contribution >= 4 is 44.6 Å². The third kappa shape index (κ3) is 6.96. The molecular weight excluding hydrogens is 666 g/mol. The van der Waals surface area contributed by atoms with E-state index in [1.807, 2.05) is 50.3 Å². The average molecular weight is 712 g/mol. The number of ether oxygens (including phenoxy) is 2. The first-order valence-electron chi connectivity index (χ1n) is 17.1. The molecular formula is C35H45N5O9S. The van der Waals surface area contributed by atoms with Gasteiger partial charge in [0.25, 0.3) is 5.91 Å². The van der Waals surface area contributed by atoms with Gasteiger partial charge in [0.15, 0.2) is 0 Å². The second kappa shape index (κ2) is 13.4. The van der Waals surface area contributed by atoms with Gasteiger partial charge in [-0.15, -0.1) is 0 Å². The number of hydrogen-bond acceptors (Lipinski definition) is 9. The van der Waals surface area contributed by atoms with Crippen LogP contribution in [-0.2, 0) is 24.4 Å². The van der Waals surface area contributed by atoms with Gasteiger partial charge in [0.05, 0.1) is 18.4 Å². The minimum Gasteiger partial charge on any atom is -0.481 e. The molecule has 14 nitrogen and oxygen atoms in total. The summed E-state index contributed by atoms with van der Waals surface area (Å²) in [5.74, 6) is -2.27. The summed E-state index contributed by atoms with van der Waals surface area (Å²) in [5, 5.41) is 16.5. The standard InChI is InChI=1S/C35H45N5O9S/c1-20-9-5-7-11-23-18-35(23,32(43)39-50(46,47)34(3)13-14-34)38-29(41)26-17-24(19-40(26)31(42)28(21(2)15-20)37-33(44)45)49-30-25-12-8-6-10-22(25)16-27(36-30)48-4/h6-8,10-12,16,20-21,23-24,26,28,37H,5,9,13-15,17-19H2,1-4H3,(H,38,41)(H,39,43)(H,44,45)/t20-,21+,23+,24+,26-,28-,35+/m0/s1. The lowest BCUT2D eigenvalue weighted by atomic mass is 9.88. The van der Waals surface area contributed by atoms with Crippen LogP contribution in [0.1, 0.15) is 65.7 Å². The van der Waals surface area contributed by atoms with Crippen LogP contribution in [0.25, 0.3) is 10.8 Å². The van der Waals surface area contributed by atoms with Gasteiger partial charge >= 0.3 is 6.09 Å². The van der Waals surface area contributed by atoms with E-state index in [9.17, 15) is 32.7 Å². The Labute approximate surface area is 291 Å². The predicted molar refractivity (Wildman–Crippen MR) is 183 cm³/mol. The summed E-state index contributed by atoms with van der Waals surface area (Å²) in [6.45, 7) is 5.34. The molecule has 3 heterocycles. The number of aromatic nitrogens is 1. The van der Waals surface area contributed by atoms with Gasteiger partial charge in [-0.3, -0.25) is 19.1 Å². The van der Waals surface area contributed by atoms with Crippen LogP contribution in [0.15, 0.2) is 42.5 Å². The number of nitrogens with zero attached hydrogens (tertiary/aromatic N) is 2. The first kappa shape index (κ1) is 35.4. The fourth-order valence-corrected chi connectivity index (χ4v) is 8.54. The van der Waals surface area contributed by atoms with Gasteiger partial charge in [-0.05, 0) is 68.7 Å². The smallest absolute Gasteiger partial charge is 0.405 e. The minimum absolute atomic E-state index is 0.00391. The van der Waals surface area contributed by atoms with Crippen molar-refractivity contribution in [3.63, 3.8) is 0 Å². The number of amides is 4. The van der Waals surface area contributed by atoms with Crippen LogP contribution in [0, 0.1) is 17.8 Å². The molecule has 1 saturated heterocycles. The van der Waals surface area contributed by atoms with E-state index < -0.39 is 74.1 Å². The highest BCUT2D eigenvalue weighted by atomic mass is 32.2. The zero-order valence-electron chi connectivity index (χ0n) is 28.7. The summed E-state index contributed by atoms with van der Waals surface area (Å²) < 4.78 is 39.1. The fraction of sp³-hybridized carbons (Fsp3) is 0.571. The molecule has 4 N–H and O–H groups in total. The van der Waals surface area contributed by atoms with E-state index in [1.54, 1.807) is 13.0 Å². The summed E-state index contributed by atoms with van der Waals surface area (Å²) in [6, 6.07) is 6.84. The van der Waals surface area contributed by atoms with E-state index in [-0.39, 0.29) is 31.2 Å². The Morgan fingerprint density at radius 1 is 1.14 bits per heavy atom. The Bertz CT molecular complexity index is 1830. The zero-order chi connectivity index (χ0) is 36.0. The molecule has 0 spiro atoms. The van der Waals surface area contributed by atoms with Crippen molar-refractivity contribution in [2.45, 2.75) is 94.2 Å². The minimum atomic E-state index is -4.00. The fourth-order valence-electron chi connectivity index (χ4n) is 7.23. The number of fused-ring (bicyclic) bond motifs is 3. The summed E-state index contributed by atoms with van der Waals surface area (Å²) >= 11 is 0. The number of pyridine rings is 1. The van der Waals surface area contributed by atoms with Crippen molar-refractivity contribution in [2.24, 2.45) is 17.8 Å². The molecule has 2 aromatic rings. The molecule has 6 rings (SSSR count). The molecule has 270 valence electrons. The molecule has 4 amide bonds. The van der Waals surface area contributed by atoms with Crippen molar-refractivity contribution in [3.05, 3.63) is 42.5 Å². The van der Waals surface area contributed by atoms with Crippen LogP contribution < -0.4 is 24.8 Å². The number of carbonyl (C=O) groups excluding carboxylic acids is 3. The first-order chi connectivity index (χ1) is 23.7. The van der Waals surface area contributed by atoms with Crippen molar-refractivity contribution < 1.29 is 42.2 Å². The molecule has 4 aliphatic rings. The summed E-state index contributed by atoms with van der Waals surface area (Å²) in [5.41, 5.74) is -1.54. The maximum atomic E-state index is 14.3. The monoisotopic (exact) mass is 711 g/mol. The van der Waals surface area contributed by atoms with Gasteiger partial charge in [-0.25, -0.2) is 13.2 Å². The number of benzene rings is 1. The number of sulfonamides is 1. The molecule has 50 heavy (non-hydrogen) atoms. The highest BCUT2D eigenvalue weighted by molar-refractivity contribution is 7.91. The Hall–Kier alpha value is -4.40. The molecule has 0 unspecified atom stereocenters. The molecule has 7 atom stereocenters. The van der Waals surface area contributed by atoms with E-state index in [1.165, 1.54) is 12.0 Å². The highest BCUT2D eigenvalue weighted by Gasteiger charge is 2.63. The predicted octanol–water partition coefficient (Wildman–Crippen LogP) is 3.11. The van der Waals surface area contributed by atoms with Crippen LogP contribution >= 0.6 is 0 Å². The maximum absolute atomic E-state index is 14.3. The summed E-state index contributed by atoms with van der Waals surface area (Å²) in [4.78, 5) is 60.2. The van der Waals surface area contributed by atoms with Crippen LogP contribution in [0.5, 0.6) is 11.8 Å². The van der Waals surface area contributed by atoms with Crippen LogP contribution in [0.3, 0.4) is 0 Å². The van der Waals surface area contributed by atoms with E-state index in [4.69, 9.17) is 9.47 Å². The van der Waals surface area contributed by atoms with E-state index in [2.05, 4.69) is 20.3 Å². The van der Waals surface area contributed by atoms with E-state index in [0.29, 0.717) is 36.9 Å². The lowest BCUT2D eigenvalue weighted by molar-refractivity contribution is -0.142. The van der Waals surface area contributed by atoms with Gasteiger partial charge in [0, 0.05) is 23.8 Å². The Kier molecular flexibility index (Phi) is 9.48. The number of allylic oxidation sites excluding steroid dienone is 1. The molecule has 1 aromatic heterocycles. The van der Waals surface area contributed by atoms with Crippen LogP contribution in [0.4, 0.5) is 4.79 Å². The second-order valence-corrected chi connectivity index (χ2v) is 16.8. The van der Waals surface area contributed by atoms with Crippen molar-refractivity contribution in [1.82, 2.24) is 25.2 Å². The van der Waals surface area contributed by atoms with Gasteiger partial charge in [0.2, 0.25) is 33.6 Å². The SMILES string of the molecule is COc1cc2ccccc2c(O[C@@H]2C[C@H]3C(=O)N[C@]4(C(=O)NS(=O)(=O)C5(C)CC5)C[C@H]4C=CCC[C@H](C)C[C@@H](C)[C@H](NC(=O)O)C(=O)N3C2)n1. The second-order valence-electron chi connectivity index (χ2n) is 14.6. The molecule has 0 radical (unpaired) electrons. The topological polar surface area (TPSA) is 193 Å². The van der Waals surface area contributed by atoms with Crippen LogP contribution in [0.2, 0.25) is 0 Å². The number of methoxy groups -OCH3 is 1. The Balaban J connectivity index is 1.35. The molecule has 2 aliphatic heterocycles. The number of carboxylic acid groups (broad SMARTS) is 1. The number of nitrogens with one attached hydrogen (secondary N) is 3. The lowest BCUT2D eigenvalue weighted by Gasteiger charge is -2.32. The summed E-state index contributed by atoms with van der Waals surface area (Å²) in [7, 11) is -2.51. The van der Waals surface area contributed by atoms with E-state index in [0.717, 1.165) is 11.8 Å². The lowest BCUT2D eigenvalue weighted by Crippen LogP contribution is -2.59. The first-order valence-corrected chi connectivity index (χ1v) is 18.6. The van der Waals surface area contributed by atoms with Crippen molar-refractivity contribution in [1.29, 1.82) is 0 Å². The van der Waals surface area contributed by atoms with E-state index >= 15 is 0 Å². The largest absolute Gasteiger partial charge is 0.481 e. The Morgan fingerprint density at radius 2 is 1.88 bits per heavy atom. The molecule has 2 saturated carbocycles. The zero-order valence-corrected chi connectivity index (χ0v) is 29.5. The average Bonchev–Trinajstić information content (AvgIpc) is 3.95. The third-order valence-corrected chi connectivity index (χ3v) is 12.9. The molecule has 2 aliphatic carbocycles. The maximum Gasteiger partial charge on any atom is 0.405 e. The number of hydrogen-bond donors (Lipinski definition) is 4. The molecule has 1 aromatic carbocycles. The van der Waals surface area contributed by atoms with Gasteiger partial charge in [0.1, 0.15) is 23.7 Å².